The van der Waals surface area contributed by atoms with E-state index in [9.17, 15) is 4.79 Å². The molecule has 2 aliphatic rings. The monoisotopic (exact) mass is 339 g/mol. The first-order chi connectivity index (χ1) is 12.3. The van der Waals surface area contributed by atoms with E-state index in [0.29, 0.717) is 31.9 Å². The third kappa shape index (κ3) is 2.94. The second-order valence-electron chi connectivity index (χ2n) is 6.08. The first-order valence-electron chi connectivity index (χ1n) is 8.43. The summed E-state index contributed by atoms with van der Waals surface area (Å²) in [7, 11) is 1.65. The molecule has 1 amide bonds. The van der Waals surface area contributed by atoms with Gasteiger partial charge in [-0.15, -0.1) is 0 Å². The van der Waals surface area contributed by atoms with Crippen LogP contribution in [0.3, 0.4) is 0 Å². The zero-order valence-electron chi connectivity index (χ0n) is 14.1. The van der Waals surface area contributed by atoms with Crippen LogP contribution in [0.2, 0.25) is 0 Å². The van der Waals surface area contributed by atoms with Crippen molar-refractivity contribution in [3.05, 3.63) is 59.7 Å². The first-order valence-corrected chi connectivity index (χ1v) is 8.43. The van der Waals surface area contributed by atoms with Gasteiger partial charge in [-0.2, -0.15) is 0 Å². The van der Waals surface area contributed by atoms with Gasteiger partial charge in [0.2, 0.25) is 0 Å². The summed E-state index contributed by atoms with van der Waals surface area (Å²) < 4.78 is 10.8. The van der Waals surface area contributed by atoms with Gasteiger partial charge in [-0.05, 0) is 29.8 Å². The smallest absolute Gasteiger partial charge is 0.272 e. The number of carbonyl (C=O) groups is 1. The minimum Gasteiger partial charge on any atom is -0.497 e. The summed E-state index contributed by atoms with van der Waals surface area (Å²) in [5, 5.41) is 7.40. The lowest BCUT2D eigenvalue weighted by Gasteiger charge is -2.45. The Hall–Kier alpha value is -2.57. The summed E-state index contributed by atoms with van der Waals surface area (Å²) in [5.74, 6) is 0.775. The Balaban J connectivity index is 1.77. The Kier molecular flexibility index (Phi) is 4.29. The topological polar surface area (TPSA) is 54.0 Å². The van der Waals surface area contributed by atoms with E-state index in [1.807, 2.05) is 53.5 Å². The zero-order chi connectivity index (χ0) is 17.2. The van der Waals surface area contributed by atoms with Gasteiger partial charge in [0.1, 0.15) is 11.9 Å². The standard InChI is InChI=1S/C19H21N3O3/c1-24-15-6-4-5-14(13-15)18-20-17-8-3-2-7-16(17)19(23)22(18)21-9-11-25-12-10-21/h2-8,13,18,20H,9-12H2,1H3/t18-/m0/s1. The van der Waals surface area contributed by atoms with Gasteiger partial charge >= 0.3 is 0 Å². The van der Waals surface area contributed by atoms with Crippen LogP contribution < -0.4 is 10.1 Å². The first kappa shape index (κ1) is 15.9. The third-order valence-corrected chi connectivity index (χ3v) is 4.60. The van der Waals surface area contributed by atoms with Crippen LogP contribution in [-0.4, -0.2) is 49.3 Å². The molecule has 0 radical (unpaired) electrons. The number of methoxy groups -OCH3 is 1. The highest BCUT2D eigenvalue weighted by Crippen LogP contribution is 2.35. The van der Waals surface area contributed by atoms with E-state index in [1.165, 1.54) is 0 Å². The van der Waals surface area contributed by atoms with E-state index in [2.05, 4.69) is 10.3 Å². The van der Waals surface area contributed by atoms with Crippen LogP contribution in [0.1, 0.15) is 22.1 Å². The number of hydrogen-bond acceptors (Lipinski definition) is 5. The van der Waals surface area contributed by atoms with Crippen LogP contribution in [0.25, 0.3) is 0 Å². The summed E-state index contributed by atoms with van der Waals surface area (Å²) in [6.07, 6.45) is -0.282. The maximum absolute atomic E-state index is 13.2. The second-order valence-corrected chi connectivity index (χ2v) is 6.08. The molecule has 1 fully saturated rings. The summed E-state index contributed by atoms with van der Waals surface area (Å²) in [5.41, 5.74) is 2.52. The van der Waals surface area contributed by atoms with Crippen molar-refractivity contribution < 1.29 is 14.3 Å². The molecule has 1 atom stereocenters. The lowest BCUT2D eigenvalue weighted by Crippen LogP contribution is -2.56. The minimum atomic E-state index is -0.282. The molecule has 2 heterocycles. The second kappa shape index (κ2) is 6.74. The molecule has 2 aliphatic heterocycles. The molecule has 0 aromatic heterocycles. The highest BCUT2D eigenvalue weighted by molar-refractivity contribution is 6.01. The largest absolute Gasteiger partial charge is 0.497 e. The minimum absolute atomic E-state index is 0.00377. The highest BCUT2D eigenvalue weighted by Gasteiger charge is 2.37. The van der Waals surface area contributed by atoms with Crippen molar-refractivity contribution in [3.63, 3.8) is 0 Å². The molecule has 0 aliphatic carbocycles. The van der Waals surface area contributed by atoms with E-state index in [-0.39, 0.29) is 12.1 Å². The number of nitrogens with one attached hydrogen (secondary N) is 1. The molecule has 4 rings (SSSR count). The van der Waals surface area contributed by atoms with Crippen LogP contribution >= 0.6 is 0 Å². The molecule has 1 saturated heterocycles. The molecule has 2 aromatic rings. The zero-order valence-corrected chi connectivity index (χ0v) is 14.1. The Morgan fingerprint density at radius 2 is 1.92 bits per heavy atom. The van der Waals surface area contributed by atoms with Gasteiger partial charge in [-0.3, -0.25) is 4.79 Å². The van der Waals surface area contributed by atoms with Crippen molar-refractivity contribution in [1.29, 1.82) is 0 Å². The van der Waals surface area contributed by atoms with E-state index >= 15 is 0 Å². The molecular weight excluding hydrogens is 318 g/mol. The normalized spacial score (nSPS) is 20.8. The Morgan fingerprint density at radius 3 is 2.72 bits per heavy atom. The number of amides is 1. The van der Waals surface area contributed by atoms with Gasteiger partial charge in [0.25, 0.3) is 5.91 Å². The fraction of sp³-hybridized carbons (Fsp3) is 0.316. The van der Waals surface area contributed by atoms with Gasteiger partial charge in [0.05, 0.1) is 25.9 Å². The summed E-state index contributed by atoms with van der Waals surface area (Å²) in [4.78, 5) is 13.2. The van der Waals surface area contributed by atoms with Crippen molar-refractivity contribution in [3.8, 4) is 5.75 Å². The Morgan fingerprint density at radius 1 is 1.12 bits per heavy atom. The number of para-hydroxylation sites is 1. The highest BCUT2D eigenvalue weighted by atomic mass is 16.5. The van der Waals surface area contributed by atoms with Crippen LogP contribution in [0.5, 0.6) is 5.75 Å². The number of hydrazine groups is 1. The SMILES string of the molecule is COc1cccc([C@H]2Nc3ccccc3C(=O)N2N2CCOCC2)c1. The van der Waals surface area contributed by atoms with Gasteiger partial charge in [-0.1, -0.05) is 24.3 Å². The quantitative estimate of drug-likeness (QED) is 0.931. The predicted molar refractivity (Wildman–Crippen MR) is 94.4 cm³/mol. The van der Waals surface area contributed by atoms with Gasteiger partial charge in [0.15, 0.2) is 0 Å². The number of fused-ring (bicyclic) bond motifs is 1. The lowest BCUT2D eigenvalue weighted by molar-refractivity contribution is -0.0864. The van der Waals surface area contributed by atoms with Crippen molar-refractivity contribution in [2.45, 2.75) is 6.17 Å². The molecule has 130 valence electrons. The number of morpholine rings is 1. The molecule has 0 unspecified atom stereocenters. The van der Waals surface area contributed by atoms with Gasteiger partial charge in [-0.25, -0.2) is 10.0 Å². The van der Waals surface area contributed by atoms with Gasteiger partial charge in [0, 0.05) is 18.8 Å². The molecule has 6 heteroatoms. The van der Waals surface area contributed by atoms with Crippen LogP contribution in [-0.2, 0) is 4.74 Å². The van der Waals surface area contributed by atoms with Crippen molar-refractivity contribution in [2.24, 2.45) is 0 Å². The van der Waals surface area contributed by atoms with Crippen LogP contribution in [0.15, 0.2) is 48.5 Å². The number of nitrogens with zero attached hydrogens (tertiary/aromatic N) is 2. The summed E-state index contributed by atoms with van der Waals surface area (Å²) in [6, 6.07) is 15.4. The molecule has 1 N–H and O–H groups in total. The molecule has 0 saturated carbocycles. The van der Waals surface area contributed by atoms with E-state index < -0.39 is 0 Å². The number of benzene rings is 2. The number of hydrogen-bond donors (Lipinski definition) is 1. The van der Waals surface area contributed by atoms with Crippen LogP contribution in [0.4, 0.5) is 5.69 Å². The number of rotatable bonds is 3. The van der Waals surface area contributed by atoms with E-state index in [1.54, 1.807) is 7.11 Å². The molecule has 6 nitrogen and oxygen atoms in total. The third-order valence-electron chi connectivity index (χ3n) is 4.60. The Labute approximate surface area is 146 Å². The summed E-state index contributed by atoms with van der Waals surface area (Å²) in [6.45, 7) is 2.62. The summed E-state index contributed by atoms with van der Waals surface area (Å²) >= 11 is 0. The molecule has 25 heavy (non-hydrogen) atoms. The predicted octanol–water partition coefficient (Wildman–Crippen LogP) is 2.51. The lowest BCUT2D eigenvalue weighted by atomic mass is 10.0. The number of anilines is 1. The van der Waals surface area contributed by atoms with Gasteiger partial charge < -0.3 is 14.8 Å². The molecule has 0 spiro atoms. The molecule has 2 aromatic carbocycles. The fourth-order valence-electron chi connectivity index (χ4n) is 3.34. The van der Waals surface area contributed by atoms with E-state index in [0.717, 1.165) is 17.0 Å². The Bertz CT molecular complexity index is 774. The van der Waals surface area contributed by atoms with E-state index in [4.69, 9.17) is 9.47 Å². The maximum atomic E-state index is 13.2. The fourth-order valence-corrected chi connectivity index (χ4v) is 3.34. The molecular formula is C19H21N3O3. The average Bonchev–Trinajstić information content (AvgIpc) is 2.68. The van der Waals surface area contributed by atoms with Crippen molar-refractivity contribution in [1.82, 2.24) is 10.0 Å². The average molecular weight is 339 g/mol. The maximum Gasteiger partial charge on any atom is 0.272 e. The number of carbonyl (C=O) groups excluding carboxylic acids is 1. The molecule has 0 bridgehead atoms. The van der Waals surface area contributed by atoms with Crippen molar-refractivity contribution in [2.75, 3.05) is 38.7 Å². The van der Waals surface area contributed by atoms with Crippen LogP contribution in [0, 0.1) is 0 Å². The van der Waals surface area contributed by atoms with Crippen molar-refractivity contribution >= 4 is 11.6 Å². The number of ether oxygens (including phenoxy) is 2.